The number of hydrogen-bond acceptors (Lipinski definition) is 8. The molecule has 1 atom stereocenters. The second-order valence-electron chi connectivity index (χ2n) is 6.59. The first-order chi connectivity index (χ1) is 13.5. The van der Waals surface area contributed by atoms with Gasteiger partial charge in [-0.3, -0.25) is 0 Å². The molecule has 8 heteroatoms. The fraction of sp³-hybridized carbons (Fsp3) is 0.400. The smallest absolute Gasteiger partial charge is 0.205 e. The van der Waals surface area contributed by atoms with Crippen LogP contribution in [0.1, 0.15) is 16.5 Å². The summed E-state index contributed by atoms with van der Waals surface area (Å²) in [6.45, 7) is 2.85. The van der Waals surface area contributed by atoms with Gasteiger partial charge < -0.3 is 24.4 Å². The van der Waals surface area contributed by atoms with Crippen LogP contribution >= 0.6 is 11.3 Å². The third kappa shape index (κ3) is 3.70. The van der Waals surface area contributed by atoms with Crippen LogP contribution in [0.2, 0.25) is 0 Å². The van der Waals surface area contributed by atoms with E-state index in [1.165, 1.54) is 16.8 Å². The number of ether oxygens (including phenoxy) is 3. The fourth-order valence-corrected chi connectivity index (χ4v) is 4.36. The van der Waals surface area contributed by atoms with E-state index in [-0.39, 0.29) is 6.04 Å². The predicted octanol–water partition coefficient (Wildman–Crippen LogP) is 3.74. The zero-order valence-electron chi connectivity index (χ0n) is 17.1. The second kappa shape index (κ2) is 8.62. The molecule has 3 aromatic rings. The molecule has 150 valence electrons. The number of nitrogens with zero attached hydrogens (tertiary/aromatic N) is 3. The predicted molar refractivity (Wildman–Crippen MR) is 113 cm³/mol. The number of hydrogen-bond donors (Lipinski definition) is 1. The maximum Gasteiger partial charge on any atom is 0.205 e. The van der Waals surface area contributed by atoms with Gasteiger partial charge in [0.25, 0.3) is 0 Å². The van der Waals surface area contributed by atoms with Gasteiger partial charge >= 0.3 is 0 Å². The molecule has 0 fully saturated rings. The van der Waals surface area contributed by atoms with E-state index in [4.69, 9.17) is 14.2 Å². The molecule has 1 aromatic carbocycles. The molecule has 0 aliphatic carbocycles. The van der Waals surface area contributed by atoms with Crippen molar-refractivity contribution in [2.24, 2.45) is 0 Å². The summed E-state index contributed by atoms with van der Waals surface area (Å²) in [6, 6.07) is 4.26. The molecule has 1 N–H and O–H groups in total. The lowest BCUT2D eigenvalue weighted by Gasteiger charge is -2.25. The first kappa shape index (κ1) is 20.2. The number of rotatable bonds is 8. The van der Waals surface area contributed by atoms with Crippen LogP contribution in [0.15, 0.2) is 23.8 Å². The Morgan fingerprint density at radius 3 is 2.43 bits per heavy atom. The molecule has 0 aliphatic rings. The quantitative estimate of drug-likeness (QED) is 0.615. The van der Waals surface area contributed by atoms with Crippen LogP contribution in [-0.4, -0.2) is 56.8 Å². The minimum absolute atomic E-state index is 0.229. The monoisotopic (exact) mass is 402 g/mol. The molecule has 0 aliphatic heterocycles. The van der Waals surface area contributed by atoms with Crippen LogP contribution < -0.4 is 19.5 Å². The molecule has 0 amide bonds. The number of aromatic nitrogens is 2. The maximum atomic E-state index is 5.56. The third-order valence-corrected chi connectivity index (χ3v) is 5.84. The van der Waals surface area contributed by atoms with E-state index in [1.54, 1.807) is 32.7 Å². The van der Waals surface area contributed by atoms with Gasteiger partial charge in [0.2, 0.25) is 5.75 Å². The third-order valence-electron chi connectivity index (χ3n) is 4.72. The van der Waals surface area contributed by atoms with E-state index in [0.717, 1.165) is 11.2 Å². The van der Waals surface area contributed by atoms with Gasteiger partial charge in [-0.15, -0.1) is 11.3 Å². The van der Waals surface area contributed by atoms with Crippen LogP contribution in [0.4, 0.5) is 5.82 Å². The van der Waals surface area contributed by atoms with Crippen molar-refractivity contribution < 1.29 is 14.2 Å². The average Bonchev–Trinajstić information content (AvgIpc) is 3.11. The molecule has 0 bridgehead atoms. The maximum absolute atomic E-state index is 5.56. The highest BCUT2D eigenvalue weighted by atomic mass is 32.1. The van der Waals surface area contributed by atoms with Gasteiger partial charge in [-0.05, 0) is 44.1 Å². The van der Waals surface area contributed by atoms with Crippen molar-refractivity contribution in [3.05, 3.63) is 34.3 Å². The van der Waals surface area contributed by atoms with Crippen LogP contribution in [0.5, 0.6) is 17.2 Å². The molecule has 2 aromatic heterocycles. The van der Waals surface area contributed by atoms with Gasteiger partial charge in [-0.25, -0.2) is 9.97 Å². The Kier molecular flexibility index (Phi) is 6.21. The summed E-state index contributed by atoms with van der Waals surface area (Å²) < 4.78 is 16.5. The largest absolute Gasteiger partial charge is 0.493 e. The van der Waals surface area contributed by atoms with Gasteiger partial charge in [-0.2, -0.15) is 0 Å². The normalized spacial score (nSPS) is 12.2. The molecule has 0 saturated heterocycles. The van der Waals surface area contributed by atoms with Gasteiger partial charge in [-0.1, -0.05) is 0 Å². The van der Waals surface area contributed by atoms with Crippen molar-refractivity contribution >= 4 is 28.1 Å². The Bertz CT molecular complexity index is 958. The van der Waals surface area contributed by atoms with Crippen LogP contribution in [0, 0.1) is 6.92 Å². The highest BCUT2D eigenvalue weighted by molar-refractivity contribution is 7.10. The Morgan fingerprint density at radius 2 is 1.86 bits per heavy atom. The molecule has 0 radical (unpaired) electrons. The molecule has 2 heterocycles. The number of anilines is 1. The number of fused-ring (bicyclic) bond motifs is 1. The minimum atomic E-state index is 0.229. The van der Waals surface area contributed by atoms with E-state index in [0.29, 0.717) is 29.3 Å². The lowest BCUT2D eigenvalue weighted by atomic mass is 10.1. The summed E-state index contributed by atoms with van der Waals surface area (Å²) in [5, 5.41) is 6.43. The van der Waals surface area contributed by atoms with E-state index < -0.39 is 0 Å². The number of nitrogens with one attached hydrogen (secondary N) is 1. The number of thiophene rings is 1. The molecular formula is C20H26N4O3S. The van der Waals surface area contributed by atoms with Crippen molar-refractivity contribution in [1.29, 1.82) is 0 Å². The van der Waals surface area contributed by atoms with Gasteiger partial charge in [0.15, 0.2) is 11.5 Å². The molecule has 3 rings (SSSR count). The van der Waals surface area contributed by atoms with Crippen molar-refractivity contribution in [2.45, 2.75) is 13.0 Å². The standard InChI is InChI=1S/C20H26N4O3S/c1-12-7-8-28-19(12)14(24(2)3)10-21-20-13-9-15(25-4)17(26-5)18(27-6)16(13)22-11-23-20/h7-9,11,14H,10H2,1-6H3,(H,21,22,23). The van der Waals surface area contributed by atoms with E-state index in [1.807, 2.05) is 6.07 Å². The van der Waals surface area contributed by atoms with Crippen LogP contribution in [-0.2, 0) is 0 Å². The highest BCUT2D eigenvalue weighted by Gasteiger charge is 2.21. The zero-order chi connectivity index (χ0) is 20.3. The van der Waals surface area contributed by atoms with Crippen molar-refractivity contribution in [1.82, 2.24) is 14.9 Å². The molecule has 1 unspecified atom stereocenters. The fourth-order valence-electron chi connectivity index (χ4n) is 3.23. The Morgan fingerprint density at radius 1 is 1.11 bits per heavy atom. The summed E-state index contributed by atoms with van der Waals surface area (Å²) in [7, 11) is 8.94. The number of methoxy groups -OCH3 is 3. The highest BCUT2D eigenvalue weighted by Crippen LogP contribution is 2.43. The van der Waals surface area contributed by atoms with E-state index in [9.17, 15) is 0 Å². The molecule has 28 heavy (non-hydrogen) atoms. The van der Waals surface area contributed by atoms with Crippen molar-refractivity contribution in [2.75, 3.05) is 47.3 Å². The van der Waals surface area contributed by atoms with Gasteiger partial charge in [0.05, 0.1) is 32.8 Å². The topological polar surface area (TPSA) is 68.7 Å². The molecule has 0 spiro atoms. The van der Waals surface area contributed by atoms with Gasteiger partial charge in [0.1, 0.15) is 17.7 Å². The first-order valence-electron chi connectivity index (χ1n) is 8.89. The summed E-state index contributed by atoms with van der Waals surface area (Å²) in [5.74, 6) is 2.34. The molecule has 7 nitrogen and oxygen atoms in total. The summed E-state index contributed by atoms with van der Waals surface area (Å²) >= 11 is 1.77. The van der Waals surface area contributed by atoms with E-state index in [2.05, 4.69) is 52.7 Å². The Balaban J connectivity index is 2.00. The summed E-state index contributed by atoms with van der Waals surface area (Å²) in [4.78, 5) is 12.4. The second-order valence-corrected chi connectivity index (χ2v) is 7.54. The summed E-state index contributed by atoms with van der Waals surface area (Å²) in [6.07, 6.45) is 1.53. The zero-order valence-corrected chi connectivity index (χ0v) is 17.9. The number of benzene rings is 1. The Hall–Kier alpha value is -2.58. The van der Waals surface area contributed by atoms with Crippen molar-refractivity contribution in [3.63, 3.8) is 0 Å². The SMILES string of the molecule is COc1cc2c(NCC(c3sccc3C)N(C)C)ncnc2c(OC)c1OC. The number of aryl methyl sites for hydroxylation is 1. The van der Waals surface area contributed by atoms with Crippen molar-refractivity contribution in [3.8, 4) is 17.2 Å². The number of likely N-dealkylation sites (N-methyl/N-ethyl adjacent to an activating group) is 1. The molecule has 0 saturated carbocycles. The lowest BCUT2D eigenvalue weighted by Crippen LogP contribution is -2.27. The van der Waals surface area contributed by atoms with Crippen LogP contribution in [0.25, 0.3) is 10.9 Å². The molecular weight excluding hydrogens is 376 g/mol. The average molecular weight is 403 g/mol. The Labute approximate surface area is 169 Å². The lowest BCUT2D eigenvalue weighted by molar-refractivity contribution is 0.315. The minimum Gasteiger partial charge on any atom is -0.493 e. The van der Waals surface area contributed by atoms with Gasteiger partial charge in [0, 0.05) is 11.4 Å². The first-order valence-corrected chi connectivity index (χ1v) is 9.77. The van der Waals surface area contributed by atoms with Crippen LogP contribution in [0.3, 0.4) is 0 Å². The van der Waals surface area contributed by atoms with E-state index >= 15 is 0 Å². The summed E-state index contributed by atoms with van der Waals surface area (Å²) in [5.41, 5.74) is 1.97.